The lowest BCUT2D eigenvalue weighted by Crippen LogP contribution is -2.21. The van der Waals surface area contributed by atoms with Crippen molar-refractivity contribution in [1.29, 1.82) is 0 Å². The summed E-state index contributed by atoms with van der Waals surface area (Å²) in [6, 6.07) is 14.0. The minimum absolute atomic E-state index is 0.0591. The summed E-state index contributed by atoms with van der Waals surface area (Å²) < 4.78 is 0.949. The van der Waals surface area contributed by atoms with E-state index in [4.69, 9.17) is 0 Å². The van der Waals surface area contributed by atoms with E-state index in [0.29, 0.717) is 5.75 Å². The molecule has 0 atom stereocenters. The number of carbonyl (C=O) groups is 1. The molecule has 25 heavy (non-hydrogen) atoms. The number of nitro groups is 1. The van der Waals surface area contributed by atoms with Gasteiger partial charge in [-0.05, 0) is 30.2 Å². The van der Waals surface area contributed by atoms with E-state index in [2.05, 4.69) is 26.5 Å². The summed E-state index contributed by atoms with van der Waals surface area (Å²) in [6.45, 7) is 1.83. The Labute approximate surface area is 158 Å². The van der Waals surface area contributed by atoms with Crippen molar-refractivity contribution in [2.45, 2.75) is 12.7 Å². The van der Waals surface area contributed by atoms with Crippen LogP contribution in [0.25, 0.3) is 0 Å². The molecule has 0 fully saturated rings. The predicted octanol–water partition coefficient (Wildman–Crippen LogP) is 4.13. The molecule has 1 N–H and O–H groups in total. The Balaban J connectivity index is 1.78. The van der Waals surface area contributed by atoms with Gasteiger partial charge in [0.1, 0.15) is 0 Å². The van der Waals surface area contributed by atoms with Gasteiger partial charge in [-0.25, -0.2) is 5.43 Å². The van der Waals surface area contributed by atoms with Crippen molar-refractivity contribution in [3.05, 3.63) is 74.2 Å². The van der Waals surface area contributed by atoms with Gasteiger partial charge in [0.25, 0.3) is 5.69 Å². The van der Waals surface area contributed by atoms with Gasteiger partial charge in [-0.15, -0.1) is 11.8 Å². The van der Waals surface area contributed by atoms with Crippen LogP contribution >= 0.6 is 27.7 Å². The second-order valence-electron chi connectivity index (χ2n) is 5.16. The maximum Gasteiger partial charge on any atom is 0.269 e. The largest absolute Gasteiger partial charge is 0.272 e. The zero-order valence-electron chi connectivity index (χ0n) is 13.4. The minimum Gasteiger partial charge on any atom is -0.272 e. The fraction of sp³-hybridized carbons (Fsp3) is 0.176. The van der Waals surface area contributed by atoms with Crippen molar-refractivity contribution in [3.63, 3.8) is 0 Å². The van der Waals surface area contributed by atoms with Crippen LogP contribution in [0, 0.1) is 10.1 Å². The average Bonchev–Trinajstić information content (AvgIpc) is 2.60. The lowest BCUT2D eigenvalue weighted by Gasteiger charge is -2.04. The summed E-state index contributed by atoms with van der Waals surface area (Å²) >= 11 is 4.82. The Morgan fingerprint density at radius 3 is 2.64 bits per heavy atom. The van der Waals surface area contributed by atoms with E-state index < -0.39 is 4.92 Å². The van der Waals surface area contributed by atoms with Crippen LogP contribution in [0.2, 0.25) is 0 Å². The van der Waals surface area contributed by atoms with Crippen LogP contribution in [0.5, 0.6) is 0 Å². The van der Waals surface area contributed by atoms with E-state index >= 15 is 0 Å². The molecule has 6 nitrogen and oxygen atoms in total. The molecule has 0 saturated heterocycles. The minimum atomic E-state index is -0.435. The molecular formula is C17H16BrN3O3S. The molecule has 0 radical (unpaired) electrons. The standard InChI is InChI=1S/C17H16BrN3O3S/c1-12(14-3-2-4-15(18)9-14)19-20-17(22)11-25-10-13-5-7-16(8-6-13)21(23)24/h2-9H,10-11H2,1H3,(H,20,22)/b19-12+. The number of hydrogen-bond acceptors (Lipinski definition) is 5. The van der Waals surface area contributed by atoms with Gasteiger partial charge in [-0.1, -0.05) is 40.2 Å². The maximum atomic E-state index is 11.8. The Morgan fingerprint density at radius 2 is 2.00 bits per heavy atom. The van der Waals surface area contributed by atoms with E-state index in [1.54, 1.807) is 12.1 Å². The van der Waals surface area contributed by atoms with E-state index in [0.717, 1.165) is 21.3 Å². The summed E-state index contributed by atoms with van der Waals surface area (Å²) in [5, 5.41) is 14.7. The van der Waals surface area contributed by atoms with Gasteiger partial charge >= 0.3 is 0 Å². The van der Waals surface area contributed by atoms with Gasteiger partial charge in [0.05, 0.1) is 16.4 Å². The van der Waals surface area contributed by atoms with Gasteiger partial charge in [-0.2, -0.15) is 5.10 Å². The summed E-state index contributed by atoms with van der Waals surface area (Å²) in [5.41, 5.74) is 5.16. The normalized spacial score (nSPS) is 11.2. The van der Waals surface area contributed by atoms with Crippen molar-refractivity contribution in [3.8, 4) is 0 Å². The molecule has 0 spiro atoms. The number of hydrogen-bond donors (Lipinski definition) is 1. The van der Waals surface area contributed by atoms with Crippen molar-refractivity contribution < 1.29 is 9.72 Å². The van der Waals surface area contributed by atoms with Crippen molar-refractivity contribution >= 4 is 45.0 Å². The zero-order valence-corrected chi connectivity index (χ0v) is 15.8. The Kier molecular flexibility index (Phi) is 7.15. The topological polar surface area (TPSA) is 84.6 Å². The number of rotatable bonds is 7. The molecule has 130 valence electrons. The molecule has 0 aromatic heterocycles. The Hall–Kier alpha value is -2.19. The van der Waals surface area contributed by atoms with E-state index in [1.807, 2.05) is 31.2 Å². The summed E-state index contributed by atoms with van der Waals surface area (Å²) in [4.78, 5) is 22.0. The lowest BCUT2D eigenvalue weighted by atomic mass is 10.1. The monoisotopic (exact) mass is 421 g/mol. The molecule has 0 bridgehead atoms. The molecule has 0 unspecified atom stereocenters. The molecule has 0 saturated carbocycles. The third-order valence-corrected chi connectivity index (χ3v) is 4.74. The highest BCUT2D eigenvalue weighted by atomic mass is 79.9. The molecule has 0 aliphatic rings. The summed E-state index contributed by atoms with van der Waals surface area (Å²) in [6.07, 6.45) is 0. The lowest BCUT2D eigenvalue weighted by molar-refractivity contribution is -0.384. The number of amides is 1. The first-order valence-corrected chi connectivity index (χ1v) is 9.30. The molecule has 2 aromatic carbocycles. The average molecular weight is 422 g/mol. The fourth-order valence-corrected chi connectivity index (χ4v) is 3.11. The number of halogens is 1. The van der Waals surface area contributed by atoms with Crippen LogP contribution in [0.15, 0.2) is 58.1 Å². The van der Waals surface area contributed by atoms with E-state index in [1.165, 1.54) is 23.9 Å². The molecule has 2 aromatic rings. The number of nitrogens with zero attached hydrogens (tertiary/aromatic N) is 2. The first-order chi connectivity index (χ1) is 12.0. The molecule has 8 heteroatoms. The fourth-order valence-electron chi connectivity index (χ4n) is 1.93. The van der Waals surface area contributed by atoms with E-state index in [-0.39, 0.29) is 17.3 Å². The Bertz CT molecular complexity index is 794. The smallest absolute Gasteiger partial charge is 0.269 e. The van der Waals surface area contributed by atoms with E-state index in [9.17, 15) is 14.9 Å². The number of thioether (sulfide) groups is 1. The highest BCUT2D eigenvalue weighted by Crippen LogP contribution is 2.16. The van der Waals surface area contributed by atoms with Gasteiger partial charge in [0.2, 0.25) is 5.91 Å². The van der Waals surface area contributed by atoms with Gasteiger partial charge in [0.15, 0.2) is 0 Å². The first kappa shape index (κ1) is 19.1. The SMILES string of the molecule is C/C(=N\NC(=O)CSCc1ccc([N+](=O)[O-])cc1)c1cccc(Br)c1. The number of benzene rings is 2. The highest BCUT2D eigenvalue weighted by molar-refractivity contribution is 9.10. The molecule has 2 rings (SSSR count). The number of nitro benzene ring substituents is 1. The van der Waals surface area contributed by atoms with Gasteiger partial charge < -0.3 is 0 Å². The number of hydrazone groups is 1. The molecule has 0 aliphatic carbocycles. The van der Waals surface area contributed by atoms with Crippen molar-refractivity contribution in [1.82, 2.24) is 5.43 Å². The molecule has 0 heterocycles. The second kappa shape index (κ2) is 9.33. The number of nitrogens with one attached hydrogen (secondary N) is 1. The predicted molar refractivity (Wildman–Crippen MR) is 104 cm³/mol. The second-order valence-corrected chi connectivity index (χ2v) is 7.06. The van der Waals surface area contributed by atoms with Crippen LogP contribution in [-0.2, 0) is 10.5 Å². The molecule has 0 aliphatic heterocycles. The van der Waals surface area contributed by atoms with Crippen molar-refractivity contribution in [2.75, 3.05) is 5.75 Å². The van der Waals surface area contributed by atoms with Crippen molar-refractivity contribution in [2.24, 2.45) is 5.10 Å². The maximum absolute atomic E-state index is 11.8. The quantitative estimate of drug-likeness (QED) is 0.413. The number of carbonyl (C=O) groups excluding carboxylic acids is 1. The van der Waals surface area contributed by atoms with Crippen LogP contribution in [-0.4, -0.2) is 22.3 Å². The van der Waals surface area contributed by atoms with Crippen LogP contribution in [0.1, 0.15) is 18.1 Å². The van der Waals surface area contributed by atoms with Crippen LogP contribution in [0.3, 0.4) is 0 Å². The summed E-state index contributed by atoms with van der Waals surface area (Å²) in [5.74, 6) is 0.660. The molecular weight excluding hydrogens is 406 g/mol. The Morgan fingerprint density at radius 1 is 1.28 bits per heavy atom. The number of non-ortho nitro benzene ring substituents is 1. The first-order valence-electron chi connectivity index (χ1n) is 7.36. The third-order valence-electron chi connectivity index (χ3n) is 3.24. The molecule has 1 amide bonds. The van der Waals surface area contributed by atoms with Crippen LogP contribution in [0.4, 0.5) is 5.69 Å². The highest BCUT2D eigenvalue weighted by Gasteiger charge is 2.06. The summed E-state index contributed by atoms with van der Waals surface area (Å²) in [7, 11) is 0. The third kappa shape index (κ3) is 6.32. The van der Waals surface area contributed by atoms with Crippen LogP contribution < -0.4 is 5.43 Å². The van der Waals surface area contributed by atoms with Gasteiger partial charge in [0, 0.05) is 22.4 Å². The zero-order chi connectivity index (χ0) is 18.2. The van der Waals surface area contributed by atoms with Gasteiger partial charge in [-0.3, -0.25) is 14.9 Å².